The van der Waals surface area contributed by atoms with Crippen LogP contribution >= 0.6 is 29.8 Å². The highest BCUT2D eigenvalue weighted by molar-refractivity contribution is 7.85. The summed E-state index contributed by atoms with van der Waals surface area (Å²) in [6.45, 7) is 0. The van der Waals surface area contributed by atoms with E-state index in [0.717, 1.165) is 105 Å². The van der Waals surface area contributed by atoms with Crippen LogP contribution in [0.1, 0.15) is 0 Å². The Labute approximate surface area is 562 Å². The topological polar surface area (TPSA) is 68.6 Å². The lowest BCUT2D eigenvalue weighted by atomic mass is 9.97. The van der Waals surface area contributed by atoms with Gasteiger partial charge in [-0.3, -0.25) is 0 Å². The lowest BCUT2D eigenvalue weighted by Crippen LogP contribution is -2.24. The van der Waals surface area contributed by atoms with Crippen LogP contribution in [0.2, 0.25) is 0 Å². The molecule has 0 aliphatic heterocycles. The molecule has 0 unspecified atom stereocenters. The number of pyridine rings is 2. The molecule has 0 bridgehead atoms. The number of hydrogen-bond acceptors (Lipinski definition) is 7. The largest absolute Gasteiger partial charge is 0.309 e. The molecule has 0 spiro atoms. The van der Waals surface area contributed by atoms with Crippen LogP contribution in [0.5, 0.6) is 0 Å². The van der Waals surface area contributed by atoms with Crippen molar-refractivity contribution < 1.29 is 4.57 Å². The van der Waals surface area contributed by atoms with Gasteiger partial charge in [-0.1, -0.05) is 279 Å². The highest BCUT2D eigenvalue weighted by Gasteiger charge is 2.30. The number of thiophene rings is 2. The van der Waals surface area contributed by atoms with Crippen molar-refractivity contribution >= 4 is 140 Å². The van der Waals surface area contributed by atoms with Crippen molar-refractivity contribution in [3.05, 3.63) is 334 Å². The van der Waals surface area contributed by atoms with Crippen LogP contribution in [0, 0.1) is 0 Å². The Morgan fingerprint density at radius 1 is 0.240 bits per heavy atom. The van der Waals surface area contributed by atoms with Gasteiger partial charge >= 0.3 is 0 Å². The van der Waals surface area contributed by atoms with Crippen molar-refractivity contribution in [3.8, 4) is 67.4 Å². The molecule has 0 aliphatic carbocycles. The number of benzene rings is 14. The number of hydrogen-bond donors (Lipinski definition) is 0. The van der Waals surface area contributed by atoms with E-state index >= 15 is 0 Å². The first-order valence-electron chi connectivity index (χ1n) is 32.2. The molecule has 0 fully saturated rings. The summed E-state index contributed by atoms with van der Waals surface area (Å²) in [4.78, 5) is 20.7. The molecule has 96 heavy (non-hydrogen) atoms. The first kappa shape index (κ1) is 57.1. The Kier molecular flexibility index (Phi) is 14.1. The molecule has 0 saturated carbocycles. The third kappa shape index (κ3) is 10.0. The fourth-order valence-corrected chi connectivity index (χ4v) is 19.0. The number of fused-ring (bicyclic) bond motifs is 13. The Hall–Kier alpha value is -11.6. The van der Waals surface area contributed by atoms with E-state index in [9.17, 15) is 4.57 Å². The van der Waals surface area contributed by atoms with Crippen LogP contribution in [0.4, 0.5) is 0 Å². The van der Waals surface area contributed by atoms with Gasteiger partial charge < -0.3 is 4.57 Å². The van der Waals surface area contributed by atoms with Gasteiger partial charge in [-0.2, -0.15) is 0 Å². The zero-order chi connectivity index (χ0) is 63.7. The fourth-order valence-electron chi connectivity index (χ4n) is 13.8. The van der Waals surface area contributed by atoms with Crippen LogP contribution < -0.4 is 15.9 Å². The number of para-hydroxylation sites is 1. The van der Waals surface area contributed by atoms with E-state index in [-0.39, 0.29) is 0 Å². The minimum atomic E-state index is -3.04. The zero-order valence-electron chi connectivity index (χ0n) is 51.7. The lowest BCUT2D eigenvalue weighted by Gasteiger charge is -2.20. The van der Waals surface area contributed by atoms with Gasteiger partial charge in [0.15, 0.2) is 13.0 Å². The maximum atomic E-state index is 14.9. The first-order chi connectivity index (χ1) is 47.4. The van der Waals surface area contributed by atoms with E-state index in [4.69, 9.17) is 19.9 Å². The SMILES string of the molecule is O=P(c1ccccc1)(c1ccccc1)c1ccc(-c2cccc(-c3nc4cc5ccccc5cc4c4c3sc3ccccc34)c2)cc1.c1ccc(-c2nc(-c3ccc(-c4cccc(-c5nc6cc7ccccc7cc6c6c5sc5ccccc56)c4)cc3)c3ccccc3n2)cc1. The lowest BCUT2D eigenvalue weighted by molar-refractivity contribution is 0.592. The Balaban J connectivity index is 0.000000140. The summed E-state index contributed by atoms with van der Waals surface area (Å²) in [6.07, 6.45) is 0. The van der Waals surface area contributed by atoms with Gasteiger partial charge in [-0.05, 0) is 98.4 Å². The molecule has 19 rings (SSSR count). The highest BCUT2D eigenvalue weighted by atomic mass is 32.1. The highest BCUT2D eigenvalue weighted by Crippen LogP contribution is 2.47. The fraction of sp³-hybridized carbons (Fsp3) is 0. The summed E-state index contributed by atoms with van der Waals surface area (Å²) in [6, 6.07) is 116. The molecule has 0 amide bonds. The van der Waals surface area contributed by atoms with E-state index in [1.165, 1.54) is 72.7 Å². The van der Waals surface area contributed by atoms with E-state index in [1.807, 2.05) is 126 Å². The number of rotatable bonds is 9. The molecule has 5 nitrogen and oxygen atoms in total. The standard InChI is InChI=1S/C45H27N3S.C43H28NOPS/c1-2-11-30(12-3-1)45-47-38-19-8-6-17-35(38)42(48-45)29-23-21-28(22-24-29)31-15-10-16-34(25-31)43-44-41(36-18-7-9-20-40(36)49-44)37-26-32-13-4-5-14-33(32)27-39(37)46-43;45-46(34-16-3-1-4-17-34,35-18-5-2-6-19-35)36-24-22-29(23-25-36)30-14-11-15-33(26-30)42-43-41(37-20-9-10-21-40(37)47-43)38-27-31-12-7-8-13-32(31)28-39(38)44-42/h1-27H;1-28H. The van der Waals surface area contributed by atoms with Crippen LogP contribution in [0.25, 0.3) is 162 Å². The summed E-state index contributed by atoms with van der Waals surface area (Å²) in [7, 11) is -3.04. The van der Waals surface area contributed by atoms with Gasteiger partial charge in [-0.15, -0.1) is 22.7 Å². The first-order valence-corrected chi connectivity index (χ1v) is 35.5. The Morgan fingerprint density at radius 2 is 0.625 bits per heavy atom. The summed E-state index contributed by atoms with van der Waals surface area (Å²) in [5.41, 5.74) is 14.6. The summed E-state index contributed by atoms with van der Waals surface area (Å²) >= 11 is 3.64. The second-order valence-corrected chi connectivity index (χ2v) is 29.2. The maximum absolute atomic E-state index is 14.9. The monoisotopic (exact) mass is 1280 g/mol. The van der Waals surface area contributed by atoms with Gasteiger partial charge in [0, 0.05) is 85.3 Å². The molecule has 450 valence electrons. The van der Waals surface area contributed by atoms with Crippen LogP contribution in [0.15, 0.2) is 334 Å². The van der Waals surface area contributed by atoms with Gasteiger partial charge in [0.05, 0.1) is 43.0 Å². The van der Waals surface area contributed by atoms with Gasteiger partial charge in [0.25, 0.3) is 0 Å². The van der Waals surface area contributed by atoms with Crippen molar-refractivity contribution in [3.63, 3.8) is 0 Å². The molecular weight excluding hydrogens is 1220 g/mol. The molecule has 0 atom stereocenters. The average molecular weight is 1280 g/mol. The molecule has 0 N–H and O–H groups in total. The predicted molar refractivity (Wildman–Crippen MR) is 409 cm³/mol. The maximum Gasteiger partial charge on any atom is 0.171 e. The molecule has 5 heterocycles. The molecule has 14 aromatic carbocycles. The van der Waals surface area contributed by atoms with Crippen molar-refractivity contribution in [1.82, 2.24) is 19.9 Å². The summed E-state index contributed by atoms with van der Waals surface area (Å²) in [5, 5.41) is 15.9. The summed E-state index contributed by atoms with van der Waals surface area (Å²) < 4.78 is 19.9. The van der Waals surface area contributed by atoms with Crippen LogP contribution in [-0.2, 0) is 4.57 Å². The van der Waals surface area contributed by atoms with Crippen molar-refractivity contribution in [2.24, 2.45) is 0 Å². The van der Waals surface area contributed by atoms with Crippen LogP contribution in [0.3, 0.4) is 0 Å². The average Bonchev–Trinajstić information content (AvgIpc) is 1.63. The molecule has 0 radical (unpaired) electrons. The van der Waals surface area contributed by atoms with Gasteiger partial charge in [0.1, 0.15) is 0 Å². The van der Waals surface area contributed by atoms with E-state index < -0.39 is 7.14 Å². The molecule has 19 aromatic rings. The number of nitrogens with zero attached hydrogens (tertiary/aromatic N) is 4. The number of aromatic nitrogens is 4. The van der Waals surface area contributed by atoms with Crippen LogP contribution in [-0.4, -0.2) is 19.9 Å². The molecule has 8 heteroatoms. The third-order valence-electron chi connectivity index (χ3n) is 18.6. The van der Waals surface area contributed by atoms with E-state index in [2.05, 4.69) is 231 Å². The normalized spacial score (nSPS) is 11.8. The Bertz CT molecular complexity index is 6250. The quantitative estimate of drug-likeness (QED) is 0.106. The van der Waals surface area contributed by atoms with Crippen molar-refractivity contribution in [2.45, 2.75) is 0 Å². The van der Waals surface area contributed by atoms with E-state index in [0.29, 0.717) is 0 Å². The predicted octanol–water partition coefficient (Wildman–Crippen LogP) is 23.1. The zero-order valence-corrected chi connectivity index (χ0v) is 54.2. The second kappa shape index (κ2) is 23.8. The molecule has 0 saturated heterocycles. The summed E-state index contributed by atoms with van der Waals surface area (Å²) in [5.74, 6) is 0.731. The third-order valence-corrected chi connectivity index (χ3v) is 24.0. The second-order valence-electron chi connectivity index (χ2n) is 24.3. The minimum absolute atomic E-state index is 0.731. The molecular formula is C88H55N4OPS2. The smallest absolute Gasteiger partial charge is 0.171 e. The Morgan fingerprint density at radius 3 is 1.14 bits per heavy atom. The van der Waals surface area contributed by atoms with Crippen molar-refractivity contribution in [1.29, 1.82) is 0 Å². The van der Waals surface area contributed by atoms with E-state index in [1.54, 1.807) is 0 Å². The molecule has 5 aromatic heterocycles. The van der Waals surface area contributed by atoms with Gasteiger partial charge in [-0.25, -0.2) is 19.9 Å². The minimum Gasteiger partial charge on any atom is -0.309 e. The van der Waals surface area contributed by atoms with Crippen molar-refractivity contribution in [2.75, 3.05) is 0 Å². The molecule has 0 aliphatic rings. The van der Waals surface area contributed by atoms with Gasteiger partial charge in [0.2, 0.25) is 0 Å².